The summed E-state index contributed by atoms with van der Waals surface area (Å²) in [6, 6.07) is 0. The van der Waals surface area contributed by atoms with Gasteiger partial charge in [-0.2, -0.15) is 0 Å². The van der Waals surface area contributed by atoms with Crippen LogP contribution in [-0.2, 0) is 38.1 Å². The molecule has 1 aliphatic carbocycles. The average molecular weight is 408 g/mol. The smallest absolute Gasteiger partial charge is 0.324 e. The fourth-order valence-electron chi connectivity index (χ4n) is 4.02. The van der Waals surface area contributed by atoms with Crippen LogP contribution in [0.4, 0.5) is 0 Å². The zero-order valence-electron chi connectivity index (χ0n) is 17.3. The van der Waals surface area contributed by atoms with Crippen molar-refractivity contribution < 1.29 is 38.1 Å². The molecule has 0 heterocycles. The first-order chi connectivity index (χ1) is 13.8. The van der Waals surface area contributed by atoms with Crippen LogP contribution in [0.15, 0.2) is 37.5 Å². The fraction of sp³-hybridized carbons (Fsp3) is 0.524. The van der Waals surface area contributed by atoms with E-state index in [-0.39, 0.29) is 19.3 Å². The summed E-state index contributed by atoms with van der Waals surface area (Å²) in [7, 11) is 4.68. The standard InChI is InChI=1S/C21H28O8/c1-7-11-20(16(22)26-3,17(23)27-4)14-9-10-15(13-14)21(12-8-2,18(24)28-5)19(25)29-6/h7-10,14-15H,1-2,11-13H2,3-6H3/t14-,15+. The van der Waals surface area contributed by atoms with Gasteiger partial charge in [-0.15, -0.1) is 13.2 Å². The lowest BCUT2D eigenvalue weighted by Crippen LogP contribution is -2.49. The van der Waals surface area contributed by atoms with Gasteiger partial charge in [-0.05, 0) is 19.3 Å². The van der Waals surface area contributed by atoms with E-state index in [1.54, 1.807) is 12.2 Å². The van der Waals surface area contributed by atoms with Crippen molar-refractivity contribution in [2.45, 2.75) is 19.3 Å². The van der Waals surface area contributed by atoms with Crippen LogP contribution in [0.2, 0.25) is 0 Å². The number of methoxy groups -OCH3 is 4. The largest absolute Gasteiger partial charge is 0.468 e. The molecule has 160 valence electrons. The van der Waals surface area contributed by atoms with Crippen LogP contribution in [0.3, 0.4) is 0 Å². The first-order valence-electron chi connectivity index (χ1n) is 9.00. The van der Waals surface area contributed by atoms with Crippen LogP contribution in [0.25, 0.3) is 0 Å². The molecule has 0 spiro atoms. The van der Waals surface area contributed by atoms with Crippen LogP contribution in [0.1, 0.15) is 19.3 Å². The zero-order valence-corrected chi connectivity index (χ0v) is 17.3. The van der Waals surface area contributed by atoms with E-state index in [1.807, 2.05) is 0 Å². The Morgan fingerprint density at radius 3 is 1.24 bits per heavy atom. The van der Waals surface area contributed by atoms with Gasteiger partial charge in [-0.3, -0.25) is 19.2 Å². The van der Waals surface area contributed by atoms with Crippen molar-refractivity contribution in [1.29, 1.82) is 0 Å². The Bertz CT molecular complexity index is 615. The SMILES string of the molecule is C=CCC(C(=O)OC)(C(=O)OC)[C@@H]1C=C[C@H](C(CC=C)(C(=O)OC)C(=O)OC)C1. The number of hydrogen-bond donors (Lipinski definition) is 0. The Morgan fingerprint density at radius 2 is 1.03 bits per heavy atom. The molecule has 29 heavy (non-hydrogen) atoms. The highest BCUT2D eigenvalue weighted by Gasteiger charge is 2.59. The Labute approximate surface area is 170 Å². The highest BCUT2D eigenvalue weighted by molar-refractivity contribution is 6.02. The quantitative estimate of drug-likeness (QED) is 0.234. The van der Waals surface area contributed by atoms with Crippen LogP contribution < -0.4 is 0 Å². The molecule has 0 saturated heterocycles. The highest BCUT2D eigenvalue weighted by Crippen LogP contribution is 2.49. The molecule has 1 rings (SSSR count). The second kappa shape index (κ2) is 10.0. The molecule has 0 N–H and O–H groups in total. The topological polar surface area (TPSA) is 105 Å². The number of carbonyl (C=O) groups excluding carboxylic acids is 4. The molecule has 0 radical (unpaired) electrons. The highest BCUT2D eigenvalue weighted by atomic mass is 16.6. The van der Waals surface area contributed by atoms with Gasteiger partial charge in [0.25, 0.3) is 0 Å². The van der Waals surface area contributed by atoms with E-state index < -0.39 is 46.5 Å². The van der Waals surface area contributed by atoms with Crippen molar-refractivity contribution in [2.75, 3.05) is 28.4 Å². The average Bonchev–Trinajstić information content (AvgIpc) is 3.24. The summed E-state index contributed by atoms with van der Waals surface area (Å²) in [4.78, 5) is 50.7. The lowest BCUT2D eigenvalue weighted by molar-refractivity contribution is -0.174. The van der Waals surface area contributed by atoms with Crippen LogP contribution in [0, 0.1) is 22.7 Å². The van der Waals surface area contributed by atoms with Crippen molar-refractivity contribution in [3.8, 4) is 0 Å². The van der Waals surface area contributed by atoms with Gasteiger partial charge in [0.15, 0.2) is 10.8 Å². The summed E-state index contributed by atoms with van der Waals surface area (Å²) in [6.45, 7) is 7.26. The molecule has 0 unspecified atom stereocenters. The second-order valence-corrected chi connectivity index (χ2v) is 6.73. The number of esters is 4. The van der Waals surface area contributed by atoms with Crippen molar-refractivity contribution >= 4 is 23.9 Å². The molecule has 0 fully saturated rings. The Hall–Kier alpha value is -2.90. The number of carbonyl (C=O) groups is 4. The van der Waals surface area contributed by atoms with E-state index in [1.165, 1.54) is 40.6 Å². The number of rotatable bonds is 10. The lowest BCUT2D eigenvalue weighted by Gasteiger charge is -2.35. The summed E-state index contributed by atoms with van der Waals surface area (Å²) >= 11 is 0. The monoisotopic (exact) mass is 408 g/mol. The zero-order chi connectivity index (χ0) is 22.2. The van der Waals surface area contributed by atoms with Crippen LogP contribution >= 0.6 is 0 Å². The number of ether oxygens (including phenoxy) is 4. The van der Waals surface area contributed by atoms with Gasteiger partial charge < -0.3 is 18.9 Å². The maximum absolute atomic E-state index is 12.7. The molecule has 8 heteroatoms. The van der Waals surface area contributed by atoms with Gasteiger partial charge in [0.05, 0.1) is 28.4 Å². The predicted octanol–water partition coefficient (Wildman–Crippen LogP) is 2.00. The first-order valence-corrected chi connectivity index (χ1v) is 9.00. The third-order valence-electron chi connectivity index (χ3n) is 5.48. The van der Waals surface area contributed by atoms with Gasteiger partial charge >= 0.3 is 23.9 Å². The molecule has 1 aliphatic rings. The van der Waals surface area contributed by atoms with Crippen molar-refractivity contribution in [3.63, 3.8) is 0 Å². The minimum absolute atomic E-state index is 0.0427. The second-order valence-electron chi connectivity index (χ2n) is 6.73. The maximum atomic E-state index is 12.7. The Balaban J connectivity index is 3.51. The van der Waals surface area contributed by atoms with Crippen LogP contribution in [-0.4, -0.2) is 52.3 Å². The van der Waals surface area contributed by atoms with Gasteiger partial charge in [0.1, 0.15) is 0 Å². The normalized spacial score (nSPS) is 18.5. The number of hydrogen-bond acceptors (Lipinski definition) is 8. The summed E-state index contributed by atoms with van der Waals surface area (Å²) < 4.78 is 19.6. The van der Waals surface area contributed by atoms with E-state index >= 15 is 0 Å². The first kappa shape index (κ1) is 24.1. The van der Waals surface area contributed by atoms with Crippen molar-refractivity contribution in [2.24, 2.45) is 22.7 Å². The predicted molar refractivity (Wildman–Crippen MR) is 103 cm³/mol. The van der Waals surface area contributed by atoms with E-state index in [0.717, 1.165) is 0 Å². The van der Waals surface area contributed by atoms with Gasteiger partial charge in [-0.25, -0.2) is 0 Å². The summed E-state index contributed by atoms with van der Waals surface area (Å²) in [5.41, 5.74) is -3.38. The van der Waals surface area contributed by atoms with Gasteiger partial charge in [0.2, 0.25) is 0 Å². The molecule has 0 amide bonds. The molecular weight excluding hydrogens is 380 g/mol. The fourth-order valence-corrected chi connectivity index (χ4v) is 4.02. The van der Waals surface area contributed by atoms with Crippen molar-refractivity contribution in [1.82, 2.24) is 0 Å². The van der Waals surface area contributed by atoms with Gasteiger partial charge in [-0.1, -0.05) is 24.3 Å². The molecular formula is C21H28O8. The van der Waals surface area contributed by atoms with Crippen LogP contribution in [0.5, 0.6) is 0 Å². The molecule has 0 aromatic carbocycles. The Morgan fingerprint density at radius 1 is 0.759 bits per heavy atom. The van der Waals surface area contributed by atoms with Gasteiger partial charge in [0, 0.05) is 11.8 Å². The lowest BCUT2D eigenvalue weighted by atomic mass is 9.67. The van der Waals surface area contributed by atoms with Crippen molar-refractivity contribution in [3.05, 3.63) is 37.5 Å². The minimum atomic E-state index is -1.69. The number of allylic oxidation sites excluding steroid dienone is 4. The molecule has 0 aliphatic heterocycles. The van der Waals surface area contributed by atoms with E-state index in [2.05, 4.69) is 13.2 Å². The third kappa shape index (κ3) is 3.97. The summed E-state index contributed by atoms with van der Waals surface area (Å²) in [5, 5.41) is 0. The summed E-state index contributed by atoms with van der Waals surface area (Å²) in [5.74, 6) is -4.56. The molecule has 0 saturated carbocycles. The van der Waals surface area contributed by atoms with E-state index in [0.29, 0.717) is 0 Å². The van der Waals surface area contributed by atoms with E-state index in [4.69, 9.17) is 18.9 Å². The molecule has 2 atom stereocenters. The summed E-state index contributed by atoms with van der Waals surface area (Å²) in [6.07, 6.45) is 6.10. The third-order valence-corrected chi connectivity index (χ3v) is 5.48. The maximum Gasteiger partial charge on any atom is 0.324 e. The Kier molecular flexibility index (Phi) is 8.36. The molecule has 8 nitrogen and oxygen atoms in total. The van der Waals surface area contributed by atoms with E-state index in [9.17, 15) is 19.2 Å². The molecule has 0 aromatic rings. The molecule has 0 bridgehead atoms. The molecule has 0 aromatic heterocycles. The minimum Gasteiger partial charge on any atom is -0.468 e.